The summed E-state index contributed by atoms with van der Waals surface area (Å²) in [6, 6.07) is 0.675. The van der Waals surface area contributed by atoms with Crippen molar-refractivity contribution >= 4 is 0 Å². The lowest BCUT2D eigenvalue weighted by Gasteiger charge is -2.19. The predicted octanol–water partition coefficient (Wildman–Crippen LogP) is -1.01. The molecule has 1 aliphatic heterocycles. The van der Waals surface area contributed by atoms with Crippen LogP contribution in [0.4, 0.5) is 0 Å². The molecular weight excluding hydrogens is 164 g/mol. The quantitative estimate of drug-likeness (QED) is 0.429. The van der Waals surface area contributed by atoms with Crippen LogP contribution >= 0.6 is 0 Å². The van der Waals surface area contributed by atoms with Crippen LogP contribution in [0.25, 0.3) is 0 Å². The molecule has 4 N–H and O–H groups in total. The first-order valence-electron chi connectivity index (χ1n) is 5.04. The van der Waals surface area contributed by atoms with Crippen LogP contribution in [-0.2, 0) is 0 Å². The molecule has 0 aromatic heterocycles. The van der Waals surface area contributed by atoms with Gasteiger partial charge in [0.2, 0.25) is 0 Å². The monoisotopic (exact) mass is 188 g/mol. The Hall–Kier alpha value is -0.160. The maximum atomic E-state index is 3.32. The van der Waals surface area contributed by atoms with Gasteiger partial charge in [-0.05, 0) is 21.0 Å². The highest BCUT2D eigenvalue weighted by Gasteiger charge is 2.03. The minimum Gasteiger partial charge on any atom is -0.318 e. The predicted molar refractivity (Wildman–Crippen MR) is 58.2 cm³/mol. The van der Waals surface area contributed by atoms with E-state index in [4.69, 9.17) is 0 Å². The molecule has 4 nitrogen and oxygen atoms in total. The van der Waals surface area contributed by atoms with E-state index in [1.165, 1.54) is 0 Å². The van der Waals surface area contributed by atoms with Gasteiger partial charge >= 0.3 is 0 Å². The number of piperazine rings is 1. The topological polar surface area (TPSA) is 48.1 Å². The fourth-order valence-electron chi connectivity index (χ4n) is 1.05. The van der Waals surface area contributed by atoms with Crippen molar-refractivity contribution in [2.75, 3.05) is 46.8 Å². The molecule has 13 heavy (non-hydrogen) atoms. The summed E-state index contributed by atoms with van der Waals surface area (Å²) in [5.41, 5.74) is 0. The fraction of sp³-hybridized carbons (Fsp3) is 1.00. The Bertz CT molecular complexity index is 87.6. The number of nitrogens with one attached hydrogen (secondary N) is 4. The Morgan fingerprint density at radius 3 is 2.00 bits per heavy atom. The van der Waals surface area contributed by atoms with E-state index in [2.05, 4.69) is 28.2 Å². The fourth-order valence-corrected chi connectivity index (χ4v) is 1.05. The lowest BCUT2D eigenvalue weighted by molar-refractivity contribution is 0.442. The molecule has 0 aliphatic carbocycles. The normalized spacial score (nSPS) is 21.9. The van der Waals surface area contributed by atoms with Crippen molar-refractivity contribution in [1.29, 1.82) is 0 Å². The molecule has 4 heteroatoms. The van der Waals surface area contributed by atoms with Crippen molar-refractivity contribution in [3.63, 3.8) is 0 Å². The summed E-state index contributed by atoms with van der Waals surface area (Å²) in [6.45, 7) is 7.67. The van der Waals surface area contributed by atoms with Gasteiger partial charge in [-0.25, -0.2) is 0 Å². The Morgan fingerprint density at radius 2 is 1.77 bits per heavy atom. The van der Waals surface area contributed by atoms with Crippen LogP contribution in [0.1, 0.15) is 6.92 Å². The summed E-state index contributed by atoms with van der Waals surface area (Å²) in [7, 11) is 3.88. The van der Waals surface area contributed by atoms with E-state index in [0.717, 1.165) is 32.7 Å². The van der Waals surface area contributed by atoms with E-state index < -0.39 is 0 Å². The molecule has 0 aromatic rings. The third kappa shape index (κ3) is 9.76. The van der Waals surface area contributed by atoms with Crippen molar-refractivity contribution < 1.29 is 0 Å². The van der Waals surface area contributed by atoms with Gasteiger partial charge in [-0.2, -0.15) is 0 Å². The summed E-state index contributed by atoms with van der Waals surface area (Å²) >= 11 is 0. The third-order valence-electron chi connectivity index (χ3n) is 1.87. The smallest absolute Gasteiger partial charge is 0.0164 e. The first-order chi connectivity index (χ1) is 6.31. The Morgan fingerprint density at radius 1 is 1.15 bits per heavy atom. The van der Waals surface area contributed by atoms with E-state index in [1.54, 1.807) is 0 Å². The first kappa shape index (κ1) is 12.8. The van der Waals surface area contributed by atoms with Gasteiger partial charge in [0, 0.05) is 38.8 Å². The van der Waals surface area contributed by atoms with E-state index >= 15 is 0 Å². The van der Waals surface area contributed by atoms with Crippen LogP contribution < -0.4 is 21.3 Å². The van der Waals surface area contributed by atoms with Crippen LogP contribution in [0.15, 0.2) is 0 Å². The maximum absolute atomic E-state index is 3.32. The Balaban J connectivity index is 0.000000226. The summed E-state index contributed by atoms with van der Waals surface area (Å²) in [6.07, 6.45) is 0. The van der Waals surface area contributed by atoms with Crippen LogP contribution in [0.5, 0.6) is 0 Å². The highest BCUT2D eigenvalue weighted by Crippen LogP contribution is 1.80. The molecule has 1 aliphatic rings. The van der Waals surface area contributed by atoms with Gasteiger partial charge in [0.1, 0.15) is 0 Å². The van der Waals surface area contributed by atoms with Gasteiger partial charge < -0.3 is 21.3 Å². The summed E-state index contributed by atoms with van der Waals surface area (Å²) in [4.78, 5) is 0. The number of likely N-dealkylation sites (N-methyl/N-ethyl adjacent to an activating group) is 2. The van der Waals surface area contributed by atoms with Crippen molar-refractivity contribution in [2.24, 2.45) is 0 Å². The first-order valence-corrected chi connectivity index (χ1v) is 5.04. The second kappa shape index (κ2) is 9.92. The molecule has 1 rings (SSSR count). The second-order valence-corrected chi connectivity index (χ2v) is 3.27. The van der Waals surface area contributed by atoms with Gasteiger partial charge in [-0.15, -0.1) is 0 Å². The van der Waals surface area contributed by atoms with E-state index in [1.807, 2.05) is 14.1 Å². The standard InChI is InChI=1S/C5H12N2.C4H12N2/c1-5-4-6-2-3-7-5;1-5-3-4-6-2/h5-7H,2-4H2,1H3;5-6H,3-4H2,1-2H3. The Kier molecular flexibility index (Phi) is 9.80. The van der Waals surface area contributed by atoms with Gasteiger partial charge in [0.15, 0.2) is 0 Å². The van der Waals surface area contributed by atoms with Crippen molar-refractivity contribution in [2.45, 2.75) is 13.0 Å². The molecule has 0 radical (unpaired) electrons. The largest absolute Gasteiger partial charge is 0.318 e. The molecule has 1 atom stereocenters. The number of hydrogen-bond acceptors (Lipinski definition) is 4. The molecule has 0 bridgehead atoms. The highest BCUT2D eigenvalue weighted by atomic mass is 15.0. The minimum atomic E-state index is 0.675. The summed E-state index contributed by atoms with van der Waals surface area (Å²) in [5, 5.41) is 12.6. The second-order valence-electron chi connectivity index (χ2n) is 3.27. The maximum Gasteiger partial charge on any atom is 0.0164 e. The van der Waals surface area contributed by atoms with Crippen molar-refractivity contribution in [3.8, 4) is 0 Å². The van der Waals surface area contributed by atoms with E-state index in [9.17, 15) is 0 Å². The lowest BCUT2D eigenvalue weighted by atomic mass is 10.3. The molecular formula is C9H24N4. The molecule has 0 amide bonds. The summed E-state index contributed by atoms with van der Waals surface area (Å²) in [5.74, 6) is 0. The van der Waals surface area contributed by atoms with Crippen LogP contribution in [0.3, 0.4) is 0 Å². The number of hydrogen-bond donors (Lipinski definition) is 4. The van der Waals surface area contributed by atoms with Gasteiger partial charge in [-0.1, -0.05) is 0 Å². The van der Waals surface area contributed by atoms with Crippen LogP contribution in [0.2, 0.25) is 0 Å². The van der Waals surface area contributed by atoms with Crippen LogP contribution in [0, 0.1) is 0 Å². The molecule has 80 valence electrons. The molecule has 0 saturated carbocycles. The molecule has 1 fully saturated rings. The lowest BCUT2D eigenvalue weighted by Crippen LogP contribution is -2.46. The van der Waals surface area contributed by atoms with Gasteiger partial charge in [0.05, 0.1) is 0 Å². The van der Waals surface area contributed by atoms with Crippen molar-refractivity contribution in [1.82, 2.24) is 21.3 Å². The van der Waals surface area contributed by atoms with E-state index in [-0.39, 0.29) is 0 Å². The minimum absolute atomic E-state index is 0.675. The third-order valence-corrected chi connectivity index (χ3v) is 1.87. The molecule has 1 saturated heterocycles. The SMILES string of the molecule is CC1CNCCN1.CNCCNC. The number of rotatable bonds is 3. The van der Waals surface area contributed by atoms with Gasteiger partial charge in [-0.3, -0.25) is 0 Å². The summed E-state index contributed by atoms with van der Waals surface area (Å²) < 4.78 is 0. The molecule has 1 unspecified atom stereocenters. The molecule has 1 heterocycles. The van der Waals surface area contributed by atoms with Crippen LogP contribution in [-0.4, -0.2) is 52.9 Å². The average Bonchev–Trinajstić information content (AvgIpc) is 2.17. The average molecular weight is 188 g/mol. The van der Waals surface area contributed by atoms with E-state index in [0.29, 0.717) is 6.04 Å². The van der Waals surface area contributed by atoms with Gasteiger partial charge in [0.25, 0.3) is 0 Å². The van der Waals surface area contributed by atoms with Crippen molar-refractivity contribution in [3.05, 3.63) is 0 Å². The zero-order chi connectivity index (χ0) is 9.94. The zero-order valence-corrected chi connectivity index (χ0v) is 9.11. The molecule has 0 spiro atoms. The molecule has 0 aromatic carbocycles. The zero-order valence-electron chi connectivity index (χ0n) is 9.11. The Labute approximate surface area is 81.9 Å². The highest BCUT2D eigenvalue weighted by molar-refractivity contribution is 4.69.